The average molecular weight is 577 g/mol. The van der Waals surface area contributed by atoms with Crippen molar-refractivity contribution in [2.24, 2.45) is 0 Å². The number of hydrogen-bond donors (Lipinski definition) is 0. The minimum absolute atomic E-state index is 0.226. The van der Waals surface area contributed by atoms with Gasteiger partial charge in [0.25, 0.3) is 0 Å². The summed E-state index contributed by atoms with van der Waals surface area (Å²) in [5, 5.41) is 1.45. The average Bonchev–Trinajstić information content (AvgIpc) is 3.30. The van der Waals surface area contributed by atoms with Crippen LogP contribution in [0, 0.1) is 6.92 Å². The van der Waals surface area contributed by atoms with E-state index in [2.05, 4.69) is 37.1 Å². The number of carbonyl (C=O) groups is 1. The van der Waals surface area contributed by atoms with Crippen molar-refractivity contribution in [1.82, 2.24) is 19.5 Å². The molecule has 0 saturated heterocycles. The van der Waals surface area contributed by atoms with Gasteiger partial charge in [-0.05, 0) is 31.0 Å². The number of pyridine rings is 2. The second kappa shape index (κ2) is 10.5. The first-order valence-electron chi connectivity index (χ1n) is 10.3. The highest BCUT2D eigenvalue weighted by Crippen LogP contribution is 2.33. The molecule has 0 bridgehead atoms. The monoisotopic (exact) mass is 576 g/mol. The van der Waals surface area contributed by atoms with Crippen LogP contribution in [0.1, 0.15) is 23.2 Å². The van der Waals surface area contributed by atoms with Crippen molar-refractivity contribution in [2.45, 2.75) is 30.9 Å². The van der Waals surface area contributed by atoms with Crippen LogP contribution in [0.15, 0.2) is 49.1 Å². The number of methoxy groups -OCH3 is 1. The smallest absolute Gasteiger partial charge is 0.305 e. The summed E-state index contributed by atoms with van der Waals surface area (Å²) in [5.74, 6) is 1.25. The molecule has 4 aromatic rings. The van der Waals surface area contributed by atoms with Crippen molar-refractivity contribution >= 4 is 51.1 Å². The van der Waals surface area contributed by atoms with E-state index in [4.69, 9.17) is 26.1 Å². The van der Waals surface area contributed by atoms with Gasteiger partial charge in [-0.3, -0.25) is 9.78 Å². The lowest BCUT2D eigenvalue weighted by molar-refractivity contribution is -0.140. The van der Waals surface area contributed by atoms with Gasteiger partial charge in [0.15, 0.2) is 0 Å². The maximum atomic E-state index is 11.6. The van der Waals surface area contributed by atoms with Crippen LogP contribution in [-0.2, 0) is 27.1 Å². The van der Waals surface area contributed by atoms with Crippen LogP contribution in [0.25, 0.3) is 22.3 Å². The molecule has 0 fully saturated rings. The number of benzene rings is 1. The molecular formula is C24H22ClIN4O3. The molecular weight excluding hydrogens is 555 g/mol. The third kappa shape index (κ3) is 5.11. The fraction of sp³-hybridized carbons (Fsp3) is 0.250. The van der Waals surface area contributed by atoms with E-state index < -0.39 is 0 Å². The highest BCUT2D eigenvalue weighted by atomic mass is 127. The molecule has 0 atom stereocenters. The van der Waals surface area contributed by atoms with Crippen molar-refractivity contribution < 1.29 is 14.3 Å². The Kier molecular flexibility index (Phi) is 7.44. The van der Waals surface area contributed by atoms with Crippen molar-refractivity contribution in [1.29, 1.82) is 0 Å². The predicted molar refractivity (Wildman–Crippen MR) is 136 cm³/mol. The maximum Gasteiger partial charge on any atom is 0.305 e. The van der Waals surface area contributed by atoms with Gasteiger partial charge in [0, 0.05) is 53.4 Å². The van der Waals surface area contributed by atoms with Crippen molar-refractivity contribution in [2.75, 3.05) is 7.11 Å². The summed E-state index contributed by atoms with van der Waals surface area (Å²) < 4.78 is 13.9. The van der Waals surface area contributed by atoms with Gasteiger partial charge in [-0.15, -0.1) is 0 Å². The number of aromatic nitrogens is 4. The van der Waals surface area contributed by atoms with E-state index in [1.807, 2.05) is 37.4 Å². The Labute approximate surface area is 210 Å². The first-order valence-corrected chi connectivity index (χ1v) is 12.2. The summed E-state index contributed by atoms with van der Waals surface area (Å²) in [5.41, 5.74) is 4.28. The number of rotatable bonds is 8. The van der Waals surface area contributed by atoms with E-state index in [0.717, 1.165) is 43.7 Å². The molecule has 0 N–H and O–H groups in total. The molecule has 1 aromatic carbocycles. The largest absolute Gasteiger partial charge is 0.487 e. The molecule has 0 aliphatic rings. The zero-order chi connectivity index (χ0) is 23.4. The Morgan fingerprint density at radius 1 is 1.27 bits per heavy atom. The lowest BCUT2D eigenvalue weighted by atomic mass is 10.1. The van der Waals surface area contributed by atoms with E-state index in [1.54, 1.807) is 18.6 Å². The zero-order valence-electron chi connectivity index (χ0n) is 18.2. The van der Waals surface area contributed by atoms with Gasteiger partial charge >= 0.3 is 5.97 Å². The number of esters is 1. The van der Waals surface area contributed by atoms with Gasteiger partial charge in [-0.1, -0.05) is 46.3 Å². The molecule has 3 heterocycles. The van der Waals surface area contributed by atoms with Gasteiger partial charge in [0.05, 0.1) is 16.7 Å². The number of nitrogens with zero attached hydrogens (tertiary/aromatic N) is 4. The van der Waals surface area contributed by atoms with Gasteiger partial charge in [0.1, 0.15) is 23.7 Å². The number of carbonyl (C=O) groups excluding carboxylic acids is 1. The van der Waals surface area contributed by atoms with E-state index in [-0.39, 0.29) is 19.0 Å². The summed E-state index contributed by atoms with van der Waals surface area (Å²) in [6.45, 7) is 2.19. The highest BCUT2D eigenvalue weighted by Gasteiger charge is 2.16. The Morgan fingerprint density at radius 2 is 2.12 bits per heavy atom. The quantitative estimate of drug-likeness (QED) is 0.156. The third-order valence-corrected chi connectivity index (χ3v) is 6.37. The molecule has 0 spiro atoms. The van der Waals surface area contributed by atoms with Crippen LogP contribution in [0.2, 0.25) is 5.02 Å². The Balaban J connectivity index is 1.68. The Morgan fingerprint density at radius 3 is 2.91 bits per heavy atom. The van der Waals surface area contributed by atoms with Crippen LogP contribution in [0.3, 0.4) is 0 Å². The van der Waals surface area contributed by atoms with Gasteiger partial charge in [0.2, 0.25) is 0 Å². The molecule has 170 valence electrons. The molecule has 4 rings (SSSR count). The number of ether oxygens (including phenoxy) is 2. The van der Waals surface area contributed by atoms with Gasteiger partial charge < -0.3 is 14.0 Å². The Hall–Kier alpha value is -2.72. The summed E-state index contributed by atoms with van der Waals surface area (Å²) in [6.07, 6.45) is 7.76. The minimum atomic E-state index is -0.284. The van der Waals surface area contributed by atoms with Gasteiger partial charge in [-0.25, -0.2) is 9.97 Å². The standard InChI is InChI=1S/C24H22ClIN4O3/c1-15-10-18(24-28-8-9-30(24)14-26)17-4-3-5-21(23(17)29-15)33-13-19-16(6-7-22(31)32-2)11-27-12-20(19)25/h3-5,8-12H,6-7,13-14H2,1-2H3. The number of para-hydroxylation sites is 1. The molecule has 0 unspecified atom stereocenters. The molecule has 9 heteroatoms. The number of hydrogen-bond acceptors (Lipinski definition) is 6. The molecule has 0 radical (unpaired) electrons. The summed E-state index contributed by atoms with van der Waals surface area (Å²) in [6, 6.07) is 7.91. The zero-order valence-corrected chi connectivity index (χ0v) is 21.1. The maximum absolute atomic E-state index is 11.6. The fourth-order valence-electron chi connectivity index (χ4n) is 3.67. The molecule has 0 saturated carbocycles. The van der Waals surface area contributed by atoms with E-state index >= 15 is 0 Å². The molecule has 3 aromatic heterocycles. The number of alkyl halides is 1. The summed E-state index contributed by atoms with van der Waals surface area (Å²) in [7, 11) is 1.37. The molecule has 0 aliphatic carbocycles. The molecule has 33 heavy (non-hydrogen) atoms. The number of aryl methyl sites for hydroxylation is 2. The fourth-order valence-corrected chi connectivity index (χ4v) is 4.45. The molecule has 0 aliphatic heterocycles. The SMILES string of the molecule is COC(=O)CCc1cncc(Cl)c1COc1cccc2c(-c3nccn3CI)cc(C)nc12. The number of fused-ring (bicyclic) bond motifs is 1. The summed E-state index contributed by atoms with van der Waals surface area (Å²) >= 11 is 8.74. The first-order chi connectivity index (χ1) is 16.0. The second-order valence-corrected chi connectivity index (χ2v) is 8.52. The third-order valence-electron chi connectivity index (χ3n) is 5.31. The lowest BCUT2D eigenvalue weighted by Crippen LogP contribution is -2.07. The van der Waals surface area contributed by atoms with Crippen LogP contribution in [0.4, 0.5) is 0 Å². The van der Waals surface area contributed by atoms with Crippen LogP contribution >= 0.6 is 34.2 Å². The predicted octanol–water partition coefficient (Wildman–Crippen LogP) is 5.53. The van der Waals surface area contributed by atoms with E-state index in [1.165, 1.54) is 7.11 Å². The van der Waals surface area contributed by atoms with Crippen LogP contribution in [0.5, 0.6) is 5.75 Å². The highest BCUT2D eigenvalue weighted by molar-refractivity contribution is 14.1. The molecule has 7 nitrogen and oxygen atoms in total. The minimum Gasteiger partial charge on any atom is -0.487 e. The number of imidazole rings is 1. The normalized spacial score (nSPS) is 11.0. The van der Waals surface area contributed by atoms with E-state index in [9.17, 15) is 4.79 Å². The van der Waals surface area contributed by atoms with Crippen LogP contribution < -0.4 is 4.74 Å². The Bertz CT molecular complexity index is 1310. The van der Waals surface area contributed by atoms with Crippen molar-refractivity contribution in [3.63, 3.8) is 0 Å². The van der Waals surface area contributed by atoms with Crippen molar-refractivity contribution in [3.8, 4) is 17.1 Å². The first kappa shape index (κ1) is 23.4. The lowest BCUT2D eigenvalue weighted by Gasteiger charge is -2.15. The number of halogens is 2. The summed E-state index contributed by atoms with van der Waals surface area (Å²) in [4.78, 5) is 25.1. The second-order valence-electron chi connectivity index (χ2n) is 7.43. The van der Waals surface area contributed by atoms with E-state index in [0.29, 0.717) is 17.2 Å². The van der Waals surface area contributed by atoms with Gasteiger partial charge in [-0.2, -0.15) is 0 Å². The van der Waals surface area contributed by atoms with Crippen LogP contribution in [-0.4, -0.2) is 32.6 Å². The topological polar surface area (TPSA) is 79.1 Å². The molecule has 0 amide bonds. The van der Waals surface area contributed by atoms with Crippen molar-refractivity contribution in [3.05, 3.63) is 70.9 Å².